The van der Waals surface area contributed by atoms with Crippen molar-refractivity contribution in [2.24, 2.45) is 0 Å². The van der Waals surface area contributed by atoms with E-state index in [9.17, 15) is 0 Å². The summed E-state index contributed by atoms with van der Waals surface area (Å²) >= 11 is 0. The summed E-state index contributed by atoms with van der Waals surface area (Å²) in [5.41, 5.74) is 2.40. The molecule has 1 unspecified atom stereocenters. The first kappa shape index (κ1) is 14.2. The largest absolute Gasteiger partial charge is 0.486 e. The molecule has 1 aromatic rings. The first-order valence-corrected chi connectivity index (χ1v) is 7.05. The van der Waals surface area contributed by atoms with Crippen LogP contribution in [0, 0.1) is 0 Å². The summed E-state index contributed by atoms with van der Waals surface area (Å²) in [5, 5.41) is 12.3. The molecule has 19 heavy (non-hydrogen) atoms. The summed E-state index contributed by atoms with van der Waals surface area (Å²) < 4.78 is 5.89. The van der Waals surface area contributed by atoms with Crippen LogP contribution in [0.15, 0.2) is 18.2 Å². The van der Waals surface area contributed by atoms with E-state index < -0.39 is 0 Å². The quantitative estimate of drug-likeness (QED) is 0.821. The Morgan fingerprint density at radius 1 is 1.42 bits per heavy atom. The lowest BCUT2D eigenvalue weighted by Gasteiger charge is -2.27. The third kappa shape index (κ3) is 3.85. The van der Waals surface area contributed by atoms with Gasteiger partial charge in [0, 0.05) is 13.1 Å². The molecule has 0 radical (unpaired) electrons. The first-order chi connectivity index (χ1) is 9.22. The smallest absolute Gasteiger partial charge is 0.142 e. The van der Waals surface area contributed by atoms with Gasteiger partial charge < -0.3 is 20.1 Å². The third-order valence-electron chi connectivity index (χ3n) is 3.58. The summed E-state index contributed by atoms with van der Waals surface area (Å²) in [6.45, 7) is 4.93. The molecule has 4 nitrogen and oxygen atoms in total. The molecule has 1 aromatic carbocycles. The van der Waals surface area contributed by atoms with E-state index in [2.05, 4.69) is 35.3 Å². The molecule has 0 bridgehead atoms. The van der Waals surface area contributed by atoms with Gasteiger partial charge in [-0.3, -0.25) is 0 Å². The van der Waals surface area contributed by atoms with E-state index >= 15 is 0 Å². The number of aliphatic hydroxyl groups excluding tert-OH is 1. The minimum absolute atomic E-state index is 0.217. The fraction of sp³-hybridized carbons (Fsp3) is 0.600. The minimum Gasteiger partial charge on any atom is -0.486 e. The van der Waals surface area contributed by atoms with Gasteiger partial charge in [-0.05, 0) is 37.6 Å². The van der Waals surface area contributed by atoms with Gasteiger partial charge in [-0.15, -0.1) is 0 Å². The summed E-state index contributed by atoms with van der Waals surface area (Å²) in [7, 11) is 2.03. The normalized spacial score (nSPS) is 17.8. The van der Waals surface area contributed by atoms with Crippen molar-refractivity contribution in [2.45, 2.75) is 25.9 Å². The number of likely N-dealkylation sites (N-methyl/N-ethyl adjacent to an activating group) is 1. The molecule has 2 rings (SSSR count). The van der Waals surface area contributed by atoms with Crippen molar-refractivity contribution in [3.8, 4) is 5.75 Å². The average molecular weight is 264 g/mol. The van der Waals surface area contributed by atoms with Crippen LogP contribution in [0.3, 0.4) is 0 Å². The monoisotopic (exact) mass is 264 g/mol. The number of ether oxygens (including phenoxy) is 1. The Morgan fingerprint density at radius 2 is 2.26 bits per heavy atom. The molecule has 1 aliphatic heterocycles. The highest BCUT2D eigenvalue weighted by atomic mass is 16.5. The first-order valence-electron chi connectivity index (χ1n) is 7.05. The fourth-order valence-corrected chi connectivity index (χ4v) is 2.25. The number of rotatable bonds is 6. The predicted octanol–water partition coefficient (Wildman–Crippen LogP) is 1.74. The second-order valence-corrected chi connectivity index (χ2v) is 5.14. The second-order valence-electron chi connectivity index (χ2n) is 5.14. The van der Waals surface area contributed by atoms with E-state index in [-0.39, 0.29) is 12.7 Å². The Hall–Kier alpha value is -1.26. The Bertz CT molecular complexity index is 409. The average Bonchev–Trinajstić information content (AvgIpc) is 2.44. The lowest BCUT2D eigenvalue weighted by Crippen LogP contribution is -2.30. The molecule has 0 amide bonds. The molecule has 0 aliphatic carbocycles. The van der Waals surface area contributed by atoms with Gasteiger partial charge in [0.1, 0.15) is 11.9 Å². The van der Waals surface area contributed by atoms with Crippen molar-refractivity contribution >= 4 is 5.69 Å². The number of hydrogen-bond donors (Lipinski definition) is 2. The number of anilines is 1. The maximum absolute atomic E-state index is 8.87. The zero-order chi connectivity index (χ0) is 13.7. The van der Waals surface area contributed by atoms with Gasteiger partial charge >= 0.3 is 0 Å². The van der Waals surface area contributed by atoms with Gasteiger partial charge in [0.25, 0.3) is 0 Å². The van der Waals surface area contributed by atoms with Crippen LogP contribution in [0.4, 0.5) is 5.69 Å². The van der Waals surface area contributed by atoms with E-state index in [0.717, 1.165) is 43.9 Å². The molecule has 0 spiro atoms. The highest BCUT2D eigenvalue weighted by Gasteiger charge is 2.17. The van der Waals surface area contributed by atoms with Crippen molar-refractivity contribution in [1.82, 2.24) is 4.90 Å². The Labute approximate surface area is 115 Å². The molecule has 0 saturated heterocycles. The van der Waals surface area contributed by atoms with E-state index in [1.807, 2.05) is 7.05 Å². The second kappa shape index (κ2) is 6.78. The summed E-state index contributed by atoms with van der Waals surface area (Å²) in [6.07, 6.45) is 2.30. The molecule has 0 fully saturated rings. The molecule has 0 saturated carbocycles. The number of fused-ring (bicyclic) bond motifs is 1. The Balaban J connectivity index is 1.94. The molecule has 2 N–H and O–H groups in total. The van der Waals surface area contributed by atoms with Crippen molar-refractivity contribution in [1.29, 1.82) is 0 Å². The molecular weight excluding hydrogens is 240 g/mol. The number of aliphatic hydroxyl groups is 1. The maximum Gasteiger partial charge on any atom is 0.142 e. The molecule has 1 heterocycles. The highest BCUT2D eigenvalue weighted by Crippen LogP contribution is 2.30. The van der Waals surface area contributed by atoms with Crippen molar-refractivity contribution in [3.63, 3.8) is 0 Å². The summed E-state index contributed by atoms with van der Waals surface area (Å²) in [5.74, 6) is 0.963. The molecular formula is C15H24N2O2. The molecule has 106 valence electrons. The number of nitrogens with zero attached hydrogens (tertiary/aromatic N) is 1. The molecule has 4 heteroatoms. The fourth-order valence-electron chi connectivity index (χ4n) is 2.25. The molecule has 1 aliphatic rings. The SMILES string of the molecule is CCC1CNc2cc(CCN(C)CCO)ccc2O1. The minimum atomic E-state index is 0.217. The summed E-state index contributed by atoms with van der Waals surface area (Å²) in [6, 6.07) is 6.37. The van der Waals surface area contributed by atoms with Gasteiger partial charge in [-0.25, -0.2) is 0 Å². The molecule has 0 aromatic heterocycles. The van der Waals surface area contributed by atoms with Gasteiger partial charge in [0.2, 0.25) is 0 Å². The van der Waals surface area contributed by atoms with Crippen LogP contribution in [-0.2, 0) is 6.42 Å². The van der Waals surface area contributed by atoms with E-state index in [1.165, 1.54) is 5.56 Å². The van der Waals surface area contributed by atoms with Crippen LogP contribution in [0.1, 0.15) is 18.9 Å². The maximum atomic E-state index is 8.87. The van der Waals surface area contributed by atoms with Crippen LogP contribution in [0.25, 0.3) is 0 Å². The lowest BCUT2D eigenvalue weighted by molar-refractivity contribution is 0.201. The van der Waals surface area contributed by atoms with Crippen LogP contribution in [0.5, 0.6) is 5.75 Å². The van der Waals surface area contributed by atoms with Gasteiger partial charge in [0.15, 0.2) is 0 Å². The van der Waals surface area contributed by atoms with Crippen LogP contribution >= 0.6 is 0 Å². The highest BCUT2D eigenvalue weighted by molar-refractivity contribution is 5.59. The number of nitrogens with one attached hydrogen (secondary N) is 1. The Kier molecular flexibility index (Phi) is 5.05. The van der Waals surface area contributed by atoms with Crippen molar-refractivity contribution in [3.05, 3.63) is 23.8 Å². The standard InChI is InChI=1S/C15H24N2O2/c1-3-13-11-16-14-10-12(4-5-15(14)19-13)6-7-17(2)8-9-18/h4-5,10,13,16,18H,3,6-9,11H2,1-2H3. The van der Waals surface area contributed by atoms with Crippen LogP contribution in [-0.4, -0.2) is 49.4 Å². The Morgan fingerprint density at radius 3 is 3.00 bits per heavy atom. The lowest BCUT2D eigenvalue weighted by atomic mass is 10.1. The third-order valence-corrected chi connectivity index (χ3v) is 3.58. The summed E-state index contributed by atoms with van der Waals surface area (Å²) in [4.78, 5) is 2.14. The van der Waals surface area contributed by atoms with Gasteiger partial charge in [-0.1, -0.05) is 13.0 Å². The van der Waals surface area contributed by atoms with Crippen LogP contribution in [0.2, 0.25) is 0 Å². The van der Waals surface area contributed by atoms with Crippen molar-refractivity contribution in [2.75, 3.05) is 38.6 Å². The van der Waals surface area contributed by atoms with Gasteiger partial charge in [-0.2, -0.15) is 0 Å². The van der Waals surface area contributed by atoms with Gasteiger partial charge in [0.05, 0.1) is 18.8 Å². The topological polar surface area (TPSA) is 44.7 Å². The predicted molar refractivity (Wildman–Crippen MR) is 77.9 cm³/mol. The van der Waals surface area contributed by atoms with E-state index in [4.69, 9.17) is 9.84 Å². The zero-order valence-electron chi connectivity index (χ0n) is 11.9. The zero-order valence-corrected chi connectivity index (χ0v) is 11.9. The van der Waals surface area contributed by atoms with Crippen LogP contribution < -0.4 is 10.1 Å². The number of benzene rings is 1. The van der Waals surface area contributed by atoms with E-state index in [1.54, 1.807) is 0 Å². The number of hydrogen-bond acceptors (Lipinski definition) is 4. The van der Waals surface area contributed by atoms with Crippen molar-refractivity contribution < 1.29 is 9.84 Å². The van der Waals surface area contributed by atoms with E-state index in [0.29, 0.717) is 0 Å². The molecule has 1 atom stereocenters.